The first-order valence-electron chi connectivity index (χ1n) is 5.71. The fourth-order valence-corrected chi connectivity index (χ4v) is 1.82. The predicted molar refractivity (Wildman–Crippen MR) is 66.6 cm³/mol. The van der Waals surface area contributed by atoms with Gasteiger partial charge in [0.1, 0.15) is 17.4 Å². The standard InChI is InChI=1S/C13H8FN5O/c1-19-6-5-16-12(19)11-17-13(20-18-11)8-3-2-4-10(14)9(8)7-15/h2-6H,1H3. The van der Waals surface area contributed by atoms with Gasteiger partial charge in [0.2, 0.25) is 5.82 Å². The number of rotatable bonds is 2. The van der Waals surface area contributed by atoms with Gasteiger partial charge in [0.05, 0.1) is 5.56 Å². The van der Waals surface area contributed by atoms with Crippen molar-refractivity contribution in [1.82, 2.24) is 19.7 Å². The van der Waals surface area contributed by atoms with Crippen LogP contribution >= 0.6 is 0 Å². The van der Waals surface area contributed by atoms with Crippen molar-refractivity contribution in [2.75, 3.05) is 0 Å². The van der Waals surface area contributed by atoms with E-state index in [1.54, 1.807) is 36.1 Å². The Balaban J connectivity index is 2.10. The van der Waals surface area contributed by atoms with Gasteiger partial charge >= 0.3 is 0 Å². The number of hydrogen-bond donors (Lipinski definition) is 0. The molecular formula is C13H8FN5O. The molecule has 3 rings (SSSR count). The van der Waals surface area contributed by atoms with Crippen LogP contribution in [0.2, 0.25) is 0 Å². The third kappa shape index (κ3) is 1.83. The molecule has 0 bridgehead atoms. The van der Waals surface area contributed by atoms with Gasteiger partial charge in [0.15, 0.2) is 5.82 Å². The van der Waals surface area contributed by atoms with Crippen LogP contribution in [-0.4, -0.2) is 19.7 Å². The summed E-state index contributed by atoms with van der Waals surface area (Å²) in [6.45, 7) is 0. The highest BCUT2D eigenvalue weighted by Crippen LogP contribution is 2.25. The lowest BCUT2D eigenvalue weighted by Crippen LogP contribution is -1.93. The minimum Gasteiger partial charge on any atom is -0.333 e. The average Bonchev–Trinajstić information content (AvgIpc) is 3.06. The minimum absolute atomic E-state index is 0.0825. The lowest BCUT2D eigenvalue weighted by atomic mass is 10.1. The number of nitrogens with zero attached hydrogens (tertiary/aromatic N) is 5. The SMILES string of the molecule is Cn1ccnc1-c1noc(-c2cccc(F)c2C#N)n1. The van der Waals surface area contributed by atoms with Crippen molar-refractivity contribution < 1.29 is 8.91 Å². The number of hydrogen-bond acceptors (Lipinski definition) is 5. The molecule has 0 aliphatic heterocycles. The summed E-state index contributed by atoms with van der Waals surface area (Å²) in [6, 6.07) is 6.04. The molecule has 0 spiro atoms. The van der Waals surface area contributed by atoms with Crippen LogP contribution in [-0.2, 0) is 7.05 Å². The van der Waals surface area contributed by atoms with Crippen LogP contribution in [0.15, 0.2) is 35.1 Å². The van der Waals surface area contributed by atoms with Gasteiger partial charge in [-0.25, -0.2) is 9.37 Å². The zero-order valence-corrected chi connectivity index (χ0v) is 10.4. The Labute approximate surface area is 113 Å². The lowest BCUT2D eigenvalue weighted by molar-refractivity contribution is 0.431. The highest BCUT2D eigenvalue weighted by molar-refractivity contribution is 5.64. The second-order valence-corrected chi connectivity index (χ2v) is 4.06. The summed E-state index contributed by atoms with van der Waals surface area (Å²) in [5.41, 5.74) is 0.142. The van der Waals surface area contributed by atoms with E-state index in [0.717, 1.165) is 0 Å². The van der Waals surface area contributed by atoms with Crippen molar-refractivity contribution in [3.05, 3.63) is 42.0 Å². The molecule has 0 saturated heterocycles. The Morgan fingerprint density at radius 3 is 2.95 bits per heavy atom. The number of nitriles is 1. The first-order chi connectivity index (χ1) is 9.70. The molecule has 7 heteroatoms. The molecule has 0 amide bonds. The van der Waals surface area contributed by atoms with Crippen molar-refractivity contribution in [3.8, 4) is 29.2 Å². The summed E-state index contributed by atoms with van der Waals surface area (Å²) in [6.07, 6.45) is 3.35. The number of halogens is 1. The van der Waals surface area contributed by atoms with E-state index in [-0.39, 0.29) is 22.8 Å². The second kappa shape index (κ2) is 4.59. The lowest BCUT2D eigenvalue weighted by Gasteiger charge is -1.98. The van der Waals surface area contributed by atoms with Crippen LogP contribution < -0.4 is 0 Å². The van der Waals surface area contributed by atoms with Gasteiger partial charge in [-0.3, -0.25) is 0 Å². The second-order valence-electron chi connectivity index (χ2n) is 4.06. The van der Waals surface area contributed by atoms with Crippen LogP contribution in [0.1, 0.15) is 5.56 Å². The van der Waals surface area contributed by atoms with Crippen molar-refractivity contribution in [2.45, 2.75) is 0 Å². The maximum atomic E-state index is 13.6. The molecule has 0 aliphatic rings. The van der Waals surface area contributed by atoms with Crippen LogP contribution in [0.4, 0.5) is 4.39 Å². The third-order valence-corrected chi connectivity index (χ3v) is 2.80. The fraction of sp³-hybridized carbons (Fsp3) is 0.0769. The first-order valence-corrected chi connectivity index (χ1v) is 5.71. The topological polar surface area (TPSA) is 80.5 Å². The molecule has 2 aromatic heterocycles. The van der Waals surface area contributed by atoms with Crippen LogP contribution in [0.3, 0.4) is 0 Å². The number of benzene rings is 1. The summed E-state index contributed by atoms with van der Waals surface area (Å²) in [5.74, 6) is 0.261. The molecule has 0 atom stereocenters. The molecule has 20 heavy (non-hydrogen) atoms. The Morgan fingerprint density at radius 1 is 1.40 bits per heavy atom. The molecule has 0 saturated carbocycles. The highest BCUT2D eigenvalue weighted by atomic mass is 19.1. The van der Waals surface area contributed by atoms with E-state index in [1.165, 1.54) is 12.1 Å². The van der Waals surface area contributed by atoms with Gasteiger partial charge in [0.25, 0.3) is 5.89 Å². The summed E-state index contributed by atoms with van der Waals surface area (Å²) >= 11 is 0. The largest absolute Gasteiger partial charge is 0.333 e. The van der Waals surface area contributed by atoms with E-state index in [1.807, 2.05) is 0 Å². The maximum absolute atomic E-state index is 13.6. The van der Waals surface area contributed by atoms with Gasteiger partial charge in [-0.1, -0.05) is 11.2 Å². The van der Waals surface area contributed by atoms with Crippen LogP contribution in [0.25, 0.3) is 23.1 Å². The summed E-state index contributed by atoms with van der Waals surface area (Å²) in [4.78, 5) is 8.25. The van der Waals surface area contributed by atoms with E-state index in [0.29, 0.717) is 5.82 Å². The van der Waals surface area contributed by atoms with Crippen molar-refractivity contribution >= 4 is 0 Å². The summed E-state index contributed by atoms with van der Waals surface area (Å²) in [7, 11) is 1.79. The van der Waals surface area contributed by atoms with Gasteiger partial charge in [-0.15, -0.1) is 0 Å². The number of aryl methyl sites for hydroxylation is 1. The smallest absolute Gasteiger partial charge is 0.259 e. The fourth-order valence-electron chi connectivity index (χ4n) is 1.82. The number of aromatic nitrogens is 4. The van der Waals surface area contributed by atoms with Gasteiger partial charge < -0.3 is 9.09 Å². The minimum atomic E-state index is -0.623. The zero-order valence-electron chi connectivity index (χ0n) is 10.4. The Morgan fingerprint density at radius 2 is 2.25 bits per heavy atom. The van der Waals surface area contributed by atoms with Crippen molar-refractivity contribution in [1.29, 1.82) is 5.26 Å². The van der Waals surface area contributed by atoms with E-state index in [4.69, 9.17) is 9.78 Å². The van der Waals surface area contributed by atoms with Gasteiger partial charge in [-0.05, 0) is 12.1 Å². The quantitative estimate of drug-likeness (QED) is 0.712. The molecule has 0 fully saturated rings. The molecule has 3 aromatic rings. The Bertz CT molecular complexity index is 814. The molecule has 98 valence electrons. The summed E-state index contributed by atoms with van der Waals surface area (Å²) < 4.78 is 20.4. The van der Waals surface area contributed by atoms with Gasteiger partial charge in [0, 0.05) is 19.4 Å². The van der Waals surface area contributed by atoms with E-state index >= 15 is 0 Å². The monoisotopic (exact) mass is 269 g/mol. The normalized spacial score (nSPS) is 10.4. The highest BCUT2D eigenvalue weighted by Gasteiger charge is 2.18. The molecule has 0 aliphatic carbocycles. The third-order valence-electron chi connectivity index (χ3n) is 2.80. The van der Waals surface area contributed by atoms with Crippen LogP contribution in [0.5, 0.6) is 0 Å². The molecule has 0 unspecified atom stereocenters. The molecule has 0 radical (unpaired) electrons. The van der Waals surface area contributed by atoms with E-state index in [2.05, 4.69) is 15.1 Å². The van der Waals surface area contributed by atoms with E-state index in [9.17, 15) is 4.39 Å². The first kappa shape index (κ1) is 12.0. The molecule has 2 heterocycles. The molecule has 6 nitrogen and oxygen atoms in total. The Hall–Kier alpha value is -3.01. The van der Waals surface area contributed by atoms with E-state index < -0.39 is 5.82 Å². The molecular weight excluding hydrogens is 261 g/mol. The number of imidazole rings is 1. The van der Waals surface area contributed by atoms with Gasteiger partial charge in [-0.2, -0.15) is 10.2 Å². The molecule has 0 N–H and O–H groups in total. The predicted octanol–water partition coefficient (Wildman–Crippen LogP) is 2.15. The van der Waals surface area contributed by atoms with Crippen molar-refractivity contribution in [3.63, 3.8) is 0 Å². The average molecular weight is 269 g/mol. The summed E-state index contributed by atoms with van der Waals surface area (Å²) in [5, 5.41) is 12.8. The maximum Gasteiger partial charge on any atom is 0.259 e. The molecule has 1 aromatic carbocycles. The Kier molecular flexibility index (Phi) is 2.76. The van der Waals surface area contributed by atoms with Crippen molar-refractivity contribution in [2.24, 2.45) is 7.05 Å². The zero-order chi connectivity index (χ0) is 14.1. The van der Waals surface area contributed by atoms with Crippen LogP contribution in [0, 0.1) is 17.1 Å².